The van der Waals surface area contributed by atoms with Crippen molar-refractivity contribution in [1.82, 2.24) is 5.32 Å². The molecular weight excluding hydrogens is 241 g/mol. The van der Waals surface area contributed by atoms with Gasteiger partial charge in [-0.05, 0) is 45.0 Å². The molecule has 1 atom stereocenters. The molecule has 0 bridgehead atoms. The number of hydrogen-bond donors (Lipinski definition) is 1. The lowest BCUT2D eigenvalue weighted by atomic mass is 10.0. The molecule has 88 valence electrons. The van der Waals surface area contributed by atoms with Crippen LogP contribution in [0.25, 0.3) is 0 Å². The van der Waals surface area contributed by atoms with Crippen LogP contribution in [0.2, 0.25) is 10.0 Å². The lowest BCUT2D eigenvalue weighted by molar-refractivity contribution is 0.660. The van der Waals surface area contributed by atoms with Crippen molar-refractivity contribution in [3.63, 3.8) is 0 Å². The third kappa shape index (κ3) is 4.17. The molecule has 1 aromatic carbocycles. The molecule has 1 aromatic rings. The smallest absolute Gasteiger partial charge is 0.0595 e. The number of likely N-dealkylation sites (N-methyl/N-ethyl adjacent to an activating group) is 1. The zero-order valence-corrected chi connectivity index (χ0v) is 11.4. The summed E-state index contributed by atoms with van der Waals surface area (Å²) in [6.45, 7) is 4.19. The van der Waals surface area contributed by atoms with E-state index in [2.05, 4.69) is 25.2 Å². The van der Waals surface area contributed by atoms with Crippen molar-refractivity contribution in [3.05, 3.63) is 45.5 Å². The average molecular weight is 258 g/mol. The molecule has 1 rings (SSSR count). The first kappa shape index (κ1) is 13.6. The van der Waals surface area contributed by atoms with Gasteiger partial charge in [0.1, 0.15) is 0 Å². The van der Waals surface area contributed by atoms with E-state index >= 15 is 0 Å². The van der Waals surface area contributed by atoms with Gasteiger partial charge in [-0.2, -0.15) is 0 Å². The van der Waals surface area contributed by atoms with E-state index in [1.165, 1.54) is 11.1 Å². The molecule has 0 aliphatic rings. The second-order valence-corrected chi connectivity index (χ2v) is 4.91. The van der Waals surface area contributed by atoms with E-state index in [1.807, 2.05) is 25.2 Å². The van der Waals surface area contributed by atoms with E-state index in [1.54, 1.807) is 0 Å². The number of allylic oxidation sites excluding steroid dienone is 1. The molecule has 1 N–H and O–H groups in total. The maximum absolute atomic E-state index is 5.98. The fourth-order valence-corrected chi connectivity index (χ4v) is 1.89. The van der Waals surface area contributed by atoms with Crippen LogP contribution in [0.15, 0.2) is 29.8 Å². The number of hydrogen-bond acceptors (Lipinski definition) is 1. The summed E-state index contributed by atoms with van der Waals surface area (Å²) in [5.41, 5.74) is 2.49. The molecule has 0 saturated heterocycles. The number of nitrogens with one attached hydrogen (secondary N) is 1. The Bertz CT molecular complexity index is 382. The van der Waals surface area contributed by atoms with Crippen molar-refractivity contribution >= 4 is 23.2 Å². The summed E-state index contributed by atoms with van der Waals surface area (Å²) < 4.78 is 0. The number of benzene rings is 1. The highest BCUT2D eigenvalue weighted by Gasteiger charge is 2.05. The predicted molar refractivity (Wildman–Crippen MR) is 72.4 cm³/mol. The summed E-state index contributed by atoms with van der Waals surface area (Å²) in [6, 6.07) is 6.11. The molecule has 0 aromatic heterocycles. The highest BCUT2D eigenvalue weighted by Crippen LogP contribution is 2.23. The highest BCUT2D eigenvalue weighted by atomic mass is 35.5. The first-order valence-electron chi connectivity index (χ1n) is 5.29. The Morgan fingerprint density at radius 3 is 2.50 bits per heavy atom. The molecule has 0 heterocycles. The second-order valence-electron chi connectivity index (χ2n) is 4.09. The molecule has 0 spiro atoms. The Kier molecular flexibility index (Phi) is 5.33. The largest absolute Gasteiger partial charge is 0.313 e. The maximum atomic E-state index is 5.98. The van der Waals surface area contributed by atoms with Crippen LogP contribution in [0.3, 0.4) is 0 Å². The van der Waals surface area contributed by atoms with Crippen molar-refractivity contribution < 1.29 is 0 Å². The van der Waals surface area contributed by atoms with Gasteiger partial charge in [0, 0.05) is 6.04 Å². The fraction of sp³-hybridized carbons (Fsp3) is 0.385. The van der Waals surface area contributed by atoms with Crippen LogP contribution >= 0.6 is 23.2 Å². The Balaban J connectivity index is 2.78. The van der Waals surface area contributed by atoms with Gasteiger partial charge >= 0.3 is 0 Å². The van der Waals surface area contributed by atoms with E-state index in [0.29, 0.717) is 16.1 Å². The Morgan fingerprint density at radius 2 is 2.00 bits per heavy atom. The molecule has 16 heavy (non-hydrogen) atoms. The van der Waals surface area contributed by atoms with Gasteiger partial charge in [-0.3, -0.25) is 0 Å². The van der Waals surface area contributed by atoms with Crippen LogP contribution in [0.1, 0.15) is 19.4 Å². The number of rotatable bonds is 4. The molecule has 0 saturated carbocycles. The lowest BCUT2D eigenvalue weighted by Crippen LogP contribution is -2.25. The zero-order valence-electron chi connectivity index (χ0n) is 9.85. The minimum absolute atomic E-state index is 0.335. The van der Waals surface area contributed by atoms with E-state index in [0.717, 1.165) is 6.42 Å². The van der Waals surface area contributed by atoms with Crippen molar-refractivity contribution in [2.45, 2.75) is 26.3 Å². The summed E-state index contributed by atoms with van der Waals surface area (Å²) in [4.78, 5) is 0. The van der Waals surface area contributed by atoms with Gasteiger partial charge in [0.05, 0.1) is 10.0 Å². The Morgan fingerprint density at radius 1 is 1.31 bits per heavy atom. The molecule has 0 aliphatic heterocycles. The molecule has 0 amide bonds. The van der Waals surface area contributed by atoms with Crippen molar-refractivity contribution in [3.8, 4) is 0 Å². The van der Waals surface area contributed by atoms with Gasteiger partial charge in [0.25, 0.3) is 0 Å². The van der Waals surface area contributed by atoms with Crippen molar-refractivity contribution in [1.29, 1.82) is 0 Å². The monoisotopic (exact) mass is 257 g/mol. The van der Waals surface area contributed by atoms with Gasteiger partial charge in [0.15, 0.2) is 0 Å². The normalized spacial score (nSPS) is 12.3. The second kappa shape index (κ2) is 6.29. The van der Waals surface area contributed by atoms with Crippen LogP contribution in [0, 0.1) is 0 Å². The highest BCUT2D eigenvalue weighted by molar-refractivity contribution is 6.42. The first-order chi connectivity index (χ1) is 7.52. The molecule has 0 fully saturated rings. The summed E-state index contributed by atoms with van der Waals surface area (Å²) in [5, 5.41) is 4.49. The van der Waals surface area contributed by atoms with Crippen LogP contribution < -0.4 is 5.32 Å². The third-order valence-electron chi connectivity index (χ3n) is 2.34. The first-order valence-corrected chi connectivity index (χ1v) is 6.04. The van der Waals surface area contributed by atoms with Crippen molar-refractivity contribution in [2.75, 3.05) is 7.05 Å². The molecular formula is C13H17Cl2N. The molecule has 3 heteroatoms. The minimum atomic E-state index is 0.335. The molecule has 0 radical (unpaired) electrons. The Labute approximate surface area is 107 Å². The van der Waals surface area contributed by atoms with E-state index in [9.17, 15) is 0 Å². The van der Waals surface area contributed by atoms with E-state index < -0.39 is 0 Å². The van der Waals surface area contributed by atoms with Crippen molar-refractivity contribution in [2.24, 2.45) is 0 Å². The van der Waals surface area contributed by atoms with Crippen LogP contribution in [0.4, 0.5) is 0 Å². The predicted octanol–water partition coefficient (Wildman–Crippen LogP) is 4.09. The summed E-state index contributed by atoms with van der Waals surface area (Å²) in [6.07, 6.45) is 3.13. The van der Waals surface area contributed by atoms with Crippen LogP contribution in [-0.4, -0.2) is 13.1 Å². The SMILES string of the molecule is CNC(C=C(C)C)Cc1ccc(Cl)c(Cl)c1. The van der Waals surface area contributed by atoms with Gasteiger partial charge in [-0.1, -0.05) is 40.9 Å². The van der Waals surface area contributed by atoms with Gasteiger partial charge < -0.3 is 5.32 Å². The maximum Gasteiger partial charge on any atom is 0.0595 e. The third-order valence-corrected chi connectivity index (χ3v) is 3.08. The summed E-state index contributed by atoms with van der Waals surface area (Å²) >= 11 is 11.9. The number of halogens is 2. The van der Waals surface area contributed by atoms with Crippen LogP contribution in [-0.2, 0) is 6.42 Å². The van der Waals surface area contributed by atoms with Gasteiger partial charge in [-0.15, -0.1) is 0 Å². The van der Waals surface area contributed by atoms with E-state index in [-0.39, 0.29) is 0 Å². The average Bonchev–Trinajstić information content (AvgIpc) is 2.22. The Hall–Kier alpha value is -0.500. The van der Waals surface area contributed by atoms with Crippen LogP contribution in [0.5, 0.6) is 0 Å². The minimum Gasteiger partial charge on any atom is -0.313 e. The fourth-order valence-electron chi connectivity index (χ4n) is 1.57. The van der Waals surface area contributed by atoms with Gasteiger partial charge in [0.2, 0.25) is 0 Å². The molecule has 1 nitrogen and oxygen atoms in total. The molecule has 1 unspecified atom stereocenters. The molecule has 0 aliphatic carbocycles. The van der Waals surface area contributed by atoms with E-state index in [4.69, 9.17) is 23.2 Å². The zero-order chi connectivity index (χ0) is 12.1. The standard InChI is InChI=1S/C13H17Cl2N/c1-9(2)6-11(16-3)7-10-4-5-12(14)13(15)8-10/h4-6,8,11,16H,7H2,1-3H3. The summed E-state index contributed by atoms with van der Waals surface area (Å²) in [5.74, 6) is 0. The quantitative estimate of drug-likeness (QED) is 0.802. The summed E-state index contributed by atoms with van der Waals surface area (Å²) in [7, 11) is 1.96. The lowest BCUT2D eigenvalue weighted by Gasteiger charge is -2.13. The van der Waals surface area contributed by atoms with Gasteiger partial charge in [-0.25, -0.2) is 0 Å². The topological polar surface area (TPSA) is 12.0 Å².